The molecule has 1 amide bonds. The molecule has 1 aromatic carbocycles. The molecule has 0 fully saturated rings. The summed E-state index contributed by atoms with van der Waals surface area (Å²) in [7, 11) is -1.17. The largest absolute Gasteiger partial charge is 0.481 e. The van der Waals surface area contributed by atoms with E-state index in [0.717, 1.165) is 12.0 Å². The van der Waals surface area contributed by atoms with Crippen LogP contribution in [0.4, 0.5) is 4.39 Å². The van der Waals surface area contributed by atoms with Crippen LogP contribution >= 0.6 is 0 Å². The minimum atomic E-state index is -4.21. The normalized spacial score (nSPS) is 13.5. The second-order valence-electron chi connectivity index (χ2n) is 9.30. The number of rotatable bonds is 9. The minimum Gasteiger partial charge on any atom is -0.481 e. The second-order valence-corrected chi connectivity index (χ2v) is 10.9. The molecule has 1 aliphatic carbocycles. The number of carbonyl (C=O) groups excluding carboxylic acids is 1. The van der Waals surface area contributed by atoms with Gasteiger partial charge in [0.1, 0.15) is 5.82 Å². The maximum atomic E-state index is 14.9. The van der Waals surface area contributed by atoms with Crippen molar-refractivity contribution in [2.24, 2.45) is 0 Å². The Balaban J connectivity index is 1.62. The smallest absolute Gasteiger partial charge is 0.283 e. The van der Waals surface area contributed by atoms with E-state index in [9.17, 15) is 17.6 Å². The summed E-state index contributed by atoms with van der Waals surface area (Å²) in [4.78, 5) is 17.1. The number of halogens is 1. The molecule has 9 nitrogen and oxygen atoms in total. The molecule has 2 heterocycles. The molecule has 192 valence electrons. The number of fused-ring (bicyclic) bond motifs is 1. The molecular weight excluding hydrogens is 487 g/mol. The molecule has 3 aromatic rings. The second kappa shape index (κ2) is 9.98. The summed E-state index contributed by atoms with van der Waals surface area (Å²) in [5.41, 5.74) is 2.50. The van der Waals surface area contributed by atoms with Crippen LogP contribution in [0, 0.1) is 5.82 Å². The predicted octanol–water partition coefficient (Wildman–Crippen LogP) is 3.05. The molecule has 0 saturated heterocycles. The van der Waals surface area contributed by atoms with E-state index in [0.29, 0.717) is 47.5 Å². The van der Waals surface area contributed by atoms with Gasteiger partial charge in [0.05, 0.1) is 25.7 Å². The van der Waals surface area contributed by atoms with Gasteiger partial charge in [-0.05, 0) is 79.1 Å². The number of hydrogen-bond acceptors (Lipinski definition) is 7. The van der Waals surface area contributed by atoms with Gasteiger partial charge in [0.25, 0.3) is 10.0 Å². The van der Waals surface area contributed by atoms with Crippen LogP contribution in [0.1, 0.15) is 37.0 Å². The first-order valence-electron chi connectivity index (χ1n) is 11.5. The molecule has 0 spiro atoms. The molecule has 0 saturated carbocycles. The van der Waals surface area contributed by atoms with Crippen molar-refractivity contribution >= 4 is 15.9 Å². The Morgan fingerprint density at radius 3 is 2.67 bits per heavy atom. The number of nitrogens with one attached hydrogen (secondary N) is 1. The molecule has 0 atom stereocenters. The molecular formula is C25H29FN4O5S. The van der Waals surface area contributed by atoms with Crippen LogP contribution in [0.3, 0.4) is 0 Å². The molecule has 0 bridgehead atoms. The van der Waals surface area contributed by atoms with Crippen molar-refractivity contribution < 1.29 is 27.1 Å². The van der Waals surface area contributed by atoms with Crippen LogP contribution in [0.2, 0.25) is 0 Å². The lowest BCUT2D eigenvalue weighted by molar-refractivity contribution is -0.118. The highest BCUT2D eigenvalue weighted by molar-refractivity contribution is 7.90. The summed E-state index contributed by atoms with van der Waals surface area (Å²) in [5, 5.41) is 3.82. The first-order chi connectivity index (χ1) is 17.0. The third kappa shape index (κ3) is 5.41. The van der Waals surface area contributed by atoms with Crippen LogP contribution < -0.4 is 9.46 Å². The minimum absolute atomic E-state index is 0.237. The highest BCUT2D eigenvalue weighted by Gasteiger charge is 2.27. The maximum absolute atomic E-state index is 14.9. The van der Waals surface area contributed by atoms with Crippen LogP contribution in [0.15, 0.2) is 41.7 Å². The van der Waals surface area contributed by atoms with Gasteiger partial charge in [0.2, 0.25) is 11.8 Å². The number of ether oxygens (including phenoxy) is 2. The Morgan fingerprint density at radius 2 is 1.94 bits per heavy atom. The Labute approximate surface area is 209 Å². The molecule has 0 radical (unpaired) electrons. The zero-order valence-corrected chi connectivity index (χ0v) is 21.5. The van der Waals surface area contributed by atoms with Crippen molar-refractivity contribution in [2.75, 3.05) is 14.2 Å². The van der Waals surface area contributed by atoms with Gasteiger partial charge in [0.15, 0.2) is 5.03 Å². The number of sulfonamides is 1. The monoisotopic (exact) mass is 516 g/mol. The van der Waals surface area contributed by atoms with Crippen LogP contribution in [-0.2, 0) is 45.4 Å². The zero-order valence-electron chi connectivity index (χ0n) is 20.7. The van der Waals surface area contributed by atoms with Crippen molar-refractivity contribution in [1.29, 1.82) is 0 Å². The zero-order chi connectivity index (χ0) is 26.1. The van der Waals surface area contributed by atoms with E-state index in [2.05, 4.69) is 14.8 Å². The lowest BCUT2D eigenvalue weighted by Gasteiger charge is -2.22. The number of nitrogens with zero attached hydrogens (tertiary/aromatic N) is 3. The summed E-state index contributed by atoms with van der Waals surface area (Å²) >= 11 is 0. The first kappa shape index (κ1) is 25.8. The van der Waals surface area contributed by atoms with Crippen molar-refractivity contribution in [1.82, 2.24) is 19.5 Å². The number of amides is 1. The summed E-state index contributed by atoms with van der Waals surface area (Å²) in [6, 6.07) is 6.08. The Bertz CT molecular complexity index is 1400. The topological polar surface area (TPSA) is 112 Å². The standard InChI is InChI=1S/C25H29FN4O5S/c1-25(2,35-4)15-30-11-9-24(28-30)36(32,33)29-22(31)14-20-17-6-5-7-18(17)21(26)13-19(20)16-8-10-27-23(12-16)34-3/h8-13H,5-7,14-15H2,1-4H3,(H,29,31). The van der Waals surface area contributed by atoms with E-state index in [1.807, 2.05) is 13.8 Å². The highest BCUT2D eigenvalue weighted by atomic mass is 32.2. The number of pyridine rings is 1. The lowest BCUT2D eigenvalue weighted by Crippen LogP contribution is -2.33. The van der Waals surface area contributed by atoms with Gasteiger partial charge in [-0.2, -0.15) is 13.5 Å². The predicted molar refractivity (Wildman–Crippen MR) is 131 cm³/mol. The summed E-state index contributed by atoms with van der Waals surface area (Å²) in [6.07, 6.45) is 4.76. The van der Waals surface area contributed by atoms with E-state index >= 15 is 0 Å². The van der Waals surface area contributed by atoms with Crippen LogP contribution in [-0.4, -0.2) is 48.9 Å². The van der Waals surface area contributed by atoms with Crippen LogP contribution in [0.25, 0.3) is 11.1 Å². The van der Waals surface area contributed by atoms with Gasteiger partial charge in [-0.1, -0.05) is 0 Å². The molecule has 0 unspecified atom stereocenters. The third-order valence-electron chi connectivity index (χ3n) is 6.29. The summed E-state index contributed by atoms with van der Waals surface area (Å²) in [6.45, 7) is 4.02. The van der Waals surface area contributed by atoms with Gasteiger partial charge in [-0.15, -0.1) is 0 Å². The molecule has 11 heteroatoms. The average Bonchev–Trinajstić information content (AvgIpc) is 3.51. The number of hydrogen-bond donors (Lipinski definition) is 1. The fourth-order valence-corrected chi connectivity index (χ4v) is 5.31. The Morgan fingerprint density at radius 1 is 1.19 bits per heavy atom. The van der Waals surface area contributed by atoms with Gasteiger partial charge < -0.3 is 9.47 Å². The molecule has 2 aromatic heterocycles. The molecule has 1 N–H and O–H groups in total. The van der Waals surface area contributed by atoms with Crippen molar-refractivity contribution in [2.45, 2.75) is 56.7 Å². The fraction of sp³-hybridized carbons (Fsp3) is 0.400. The third-order valence-corrected chi connectivity index (χ3v) is 7.56. The van der Waals surface area contributed by atoms with E-state index in [4.69, 9.17) is 9.47 Å². The molecule has 1 aliphatic rings. The SMILES string of the molecule is COc1cc(-c2cc(F)c3c(c2CC(=O)NS(=O)(=O)c2ccn(CC(C)(C)OC)n2)CCC3)ccn1. The first-order valence-corrected chi connectivity index (χ1v) is 13.0. The van der Waals surface area contributed by atoms with Crippen molar-refractivity contribution in [3.8, 4) is 17.0 Å². The quantitative estimate of drug-likeness (QED) is 0.465. The number of aromatic nitrogens is 3. The molecule has 0 aliphatic heterocycles. The Hall–Kier alpha value is -3.31. The Kier molecular flexibility index (Phi) is 7.14. The number of carbonyl (C=O) groups is 1. The highest BCUT2D eigenvalue weighted by Crippen LogP contribution is 2.36. The van der Waals surface area contributed by atoms with Gasteiger partial charge in [-0.25, -0.2) is 14.1 Å². The van der Waals surface area contributed by atoms with Gasteiger partial charge in [0, 0.05) is 25.6 Å². The van der Waals surface area contributed by atoms with Crippen molar-refractivity contribution in [3.63, 3.8) is 0 Å². The number of benzene rings is 1. The number of methoxy groups -OCH3 is 2. The maximum Gasteiger partial charge on any atom is 0.283 e. The van der Waals surface area contributed by atoms with Crippen molar-refractivity contribution in [3.05, 3.63) is 59.2 Å². The van der Waals surface area contributed by atoms with Gasteiger partial charge in [-0.3, -0.25) is 9.48 Å². The van der Waals surface area contributed by atoms with Crippen LogP contribution in [0.5, 0.6) is 5.88 Å². The summed E-state index contributed by atoms with van der Waals surface area (Å²) in [5.74, 6) is -0.724. The van der Waals surface area contributed by atoms with Gasteiger partial charge >= 0.3 is 0 Å². The average molecular weight is 517 g/mol. The van der Waals surface area contributed by atoms with E-state index in [1.54, 1.807) is 19.2 Å². The molecule has 4 rings (SSSR count). The fourth-order valence-electron chi connectivity index (χ4n) is 4.38. The van der Waals surface area contributed by atoms with E-state index in [1.165, 1.54) is 36.3 Å². The van der Waals surface area contributed by atoms with E-state index < -0.39 is 21.5 Å². The lowest BCUT2D eigenvalue weighted by atomic mass is 9.91. The van der Waals surface area contributed by atoms with E-state index in [-0.39, 0.29) is 17.3 Å². The molecule has 36 heavy (non-hydrogen) atoms. The summed E-state index contributed by atoms with van der Waals surface area (Å²) < 4.78 is 54.8.